The first-order chi connectivity index (χ1) is 13.1. The lowest BCUT2D eigenvalue weighted by molar-refractivity contribution is -0.129. The Labute approximate surface area is 161 Å². The second-order valence-corrected chi connectivity index (χ2v) is 7.64. The Morgan fingerprint density at radius 1 is 1.22 bits per heavy atom. The van der Waals surface area contributed by atoms with E-state index in [0.717, 1.165) is 24.3 Å². The number of hydrogen-bond acceptors (Lipinski definition) is 5. The number of amides is 1. The van der Waals surface area contributed by atoms with Gasteiger partial charge in [0.15, 0.2) is 11.5 Å². The third-order valence-corrected chi connectivity index (χ3v) is 6.01. The van der Waals surface area contributed by atoms with Crippen molar-refractivity contribution in [2.75, 3.05) is 33.9 Å². The van der Waals surface area contributed by atoms with Gasteiger partial charge in [-0.05, 0) is 37.5 Å². The Kier molecular flexibility index (Phi) is 6.60. The van der Waals surface area contributed by atoms with E-state index in [2.05, 4.69) is 22.8 Å². The van der Waals surface area contributed by atoms with E-state index >= 15 is 0 Å². The first-order valence-electron chi connectivity index (χ1n) is 9.95. The average molecular weight is 376 g/mol. The minimum atomic E-state index is -0.287. The highest BCUT2D eigenvalue weighted by atomic mass is 16.5. The number of nitrogens with one attached hydrogen (secondary N) is 2. The minimum absolute atomic E-state index is 0.0209. The van der Waals surface area contributed by atoms with Gasteiger partial charge in [0.1, 0.15) is 6.04 Å². The molecule has 0 spiro atoms. The van der Waals surface area contributed by atoms with E-state index in [1.807, 2.05) is 13.0 Å². The Balaban J connectivity index is 1.78. The molecule has 3 rings (SSSR count). The monoisotopic (exact) mass is 376 g/mol. The molecule has 150 valence electrons. The highest BCUT2D eigenvalue weighted by Crippen LogP contribution is 2.42. The fraction of sp³-hybridized carbons (Fsp3) is 0.667. The van der Waals surface area contributed by atoms with Crippen LogP contribution in [-0.2, 0) is 14.9 Å². The van der Waals surface area contributed by atoms with Crippen LogP contribution in [-0.4, -0.2) is 52.0 Å². The molecule has 0 aromatic heterocycles. The number of methoxy groups -OCH3 is 2. The van der Waals surface area contributed by atoms with Crippen LogP contribution >= 0.6 is 0 Å². The molecule has 1 amide bonds. The molecule has 2 atom stereocenters. The number of carbonyl (C=O) groups excluding carboxylic acids is 1. The van der Waals surface area contributed by atoms with Crippen LogP contribution in [0.15, 0.2) is 18.2 Å². The minimum Gasteiger partial charge on any atom is -0.493 e. The first kappa shape index (κ1) is 20.0. The van der Waals surface area contributed by atoms with Crippen LogP contribution < -0.4 is 20.1 Å². The number of hydrogen-bond donors (Lipinski definition) is 2. The molecule has 1 aromatic carbocycles. The lowest BCUT2D eigenvalue weighted by Gasteiger charge is -2.39. The molecule has 1 aliphatic heterocycles. The highest BCUT2D eigenvalue weighted by molar-refractivity contribution is 5.82. The fourth-order valence-corrected chi connectivity index (χ4v) is 4.36. The van der Waals surface area contributed by atoms with Crippen molar-refractivity contribution in [3.8, 4) is 11.5 Å². The molecule has 2 aliphatic rings. The predicted molar refractivity (Wildman–Crippen MR) is 105 cm³/mol. The van der Waals surface area contributed by atoms with Gasteiger partial charge in [0.25, 0.3) is 0 Å². The van der Waals surface area contributed by atoms with Gasteiger partial charge in [-0.25, -0.2) is 0 Å². The fourth-order valence-electron chi connectivity index (χ4n) is 4.36. The molecule has 1 aromatic rings. The summed E-state index contributed by atoms with van der Waals surface area (Å²) in [5.74, 6) is 1.49. The van der Waals surface area contributed by atoms with E-state index in [4.69, 9.17) is 14.2 Å². The summed E-state index contributed by atoms with van der Waals surface area (Å²) in [6.07, 6.45) is 5.61. The van der Waals surface area contributed by atoms with E-state index in [1.165, 1.54) is 24.8 Å². The van der Waals surface area contributed by atoms with Crippen LogP contribution in [0.25, 0.3) is 0 Å². The van der Waals surface area contributed by atoms with E-state index in [9.17, 15) is 4.79 Å². The second-order valence-electron chi connectivity index (χ2n) is 7.64. The molecule has 1 aliphatic carbocycles. The summed E-state index contributed by atoms with van der Waals surface area (Å²) < 4.78 is 16.5. The molecule has 6 nitrogen and oxygen atoms in total. The van der Waals surface area contributed by atoms with Gasteiger partial charge in [-0.2, -0.15) is 0 Å². The van der Waals surface area contributed by atoms with E-state index in [1.54, 1.807) is 14.2 Å². The van der Waals surface area contributed by atoms with Gasteiger partial charge in [0.05, 0.1) is 26.9 Å². The van der Waals surface area contributed by atoms with E-state index in [-0.39, 0.29) is 23.5 Å². The first-order valence-corrected chi connectivity index (χ1v) is 9.95. The summed E-state index contributed by atoms with van der Waals surface area (Å²) in [6.45, 7) is 3.94. The van der Waals surface area contributed by atoms with Gasteiger partial charge in [-0.1, -0.05) is 25.3 Å². The second kappa shape index (κ2) is 8.93. The summed E-state index contributed by atoms with van der Waals surface area (Å²) in [6, 6.07) is 5.86. The molecule has 0 radical (unpaired) electrons. The van der Waals surface area contributed by atoms with Crippen molar-refractivity contribution in [3.05, 3.63) is 23.8 Å². The normalized spacial score (nSPS) is 24.9. The van der Waals surface area contributed by atoms with Crippen molar-refractivity contribution in [1.29, 1.82) is 0 Å². The van der Waals surface area contributed by atoms with Crippen LogP contribution in [0.5, 0.6) is 11.5 Å². The summed E-state index contributed by atoms with van der Waals surface area (Å²) in [7, 11) is 3.31. The van der Waals surface area contributed by atoms with Gasteiger partial charge in [0, 0.05) is 18.5 Å². The number of ether oxygens (including phenoxy) is 3. The molecule has 6 heteroatoms. The Morgan fingerprint density at radius 2 is 1.96 bits per heavy atom. The summed E-state index contributed by atoms with van der Waals surface area (Å²) >= 11 is 0. The maximum atomic E-state index is 12.7. The molecule has 27 heavy (non-hydrogen) atoms. The molecule has 0 bridgehead atoms. The van der Waals surface area contributed by atoms with Crippen LogP contribution in [0, 0.1) is 0 Å². The van der Waals surface area contributed by atoms with Crippen molar-refractivity contribution < 1.29 is 19.0 Å². The Bertz CT molecular complexity index is 643. The Morgan fingerprint density at radius 3 is 2.63 bits per heavy atom. The molecule has 1 saturated heterocycles. The van der Waals surface area contributed by atoms with Crippen LogP contribution in [0.4, 0.5) is 0 Å². The zero-order chi connectivity index (χ0) is 19.3. The van der Waals surface area contributed by atoms with Crippen LogP contribution in [0.2, 0.25) is 0 Å². The number of morpholine rings is 1. The van der Waals surface area contributed by atoms with Crippen molar-refractivity contribution in [2.24, 2.45) is 0 Å². The zero-order valence-corrected chi connectivity index (χ0v) is 16.7. The molecule has 1 saturated carbocycles. The van der Waals surface area contributed by atoms with Gasteiger partial charge in [0.2, 0.25) is 5.91 Å². The van der Waals surface area contributed by atoms with Crippen molar-refractivity contribution in [3.63, 3.8) is 0 Å². The quantitative estimate of drug-likeness (QED) is 0.798. The van der Waals surface area contributed by atoms with E-state index < -0.39 is 0 Å². The third kappa shape index (κ3) is 4.38. The van der Waals surface area contributed by atoms with Crippen LogP contribution in [0.1, 0.15) is 44.6 Å². The third-order valence-electron chi connectivity index (χ3n) is 6.01. The number of rotatable bonds is 6. The SMILES string of the molecule is COc1ccc(C2(CNC(=O)[C@H]3NCCO[C@@H]3C)CCCCC2)cc1OC. The zero-order valence-electron chi connectivity index (χ0n) is 16.7. The van der Waals surface area contributed by atoms with Gasteiger partial charge in [-0.3, -0.25) is 4.79 Å². The number of benzene rings is 1. The highest BCUT2D eigenvalue weighted by Gasteiger charge is 2.36. The maximum Gasteiger partial charge on any atom is 0.239 e. The summed E-state index contributed by atoms with van der Waals surface area (Å²) in [5, 5.41) is 6.47. The largest absolute Gasteiger partial charge is 0.493 e. The maximum absolute atomic E-state index is 12.7. The molecule has 0 unspecified atom stereocenters. The molecular formula is C21H32N2O4. The molecule has 2 N–H and O–H groups in total. The van der Waals surface area contributed by atoms with Gasteiger partial charge in [-0.15, -0.1) is 0 Å². The molecule has 1 heterocycles. The number of carbonyl (C=O) groups is 1. The van der Waals surface area contributed by atoms with Crippen molar-refractivity contribution in [1.82, 2.24) is 10.6 Å². The van der Waals surface area contributed by atoms with E-state index in [0.29, 0.717) is 19.7 Å². The van der Waals surface area contributed by atoms with Crippen molar-refractivity contribution in [2.45, 2.75) is 56.6 Å². The smallest absolute Gasteiger partial charge is 0.239 e. The standard InChI is InChI=1S/C21H32N2O4/c1-15-19(22-11-12-27-15)20(24)23-14-21(9-5-4-6-10-21)16-7-8-17(25-2)18(13-16)26-3/h7-8,13,15,19,22H,4-6,9-12,14H2,1-3H3,(H,23,24)/t15-,19+/m1/s1. The van der Waals surface area contributed by atoms with Gasteiger partial charge >= 0.3 is 0 Å². The lowest BCUT2D eigenvalue weighted by Crippen LogP contribution is -2.57. The summed E-state index contributed by atoms with van der Waals surface area (Å²) in [5.41, 5.74) is 1.15. The average Bonchev–Trinajstić information content (AvgIpc) is 2.72. The van der Waals surface area contributed by atoms with Crippen LogP contribution in [0.3, 0.4) is 0 Å². The molecular weight excluding hydrogens is 344 g/mol. The predicted octanol–water partition coefficient (Wildman–Crippen LogP) is 2.40. The molecule has 2 fully saturated rings. The topological polar surface area (TPSA) is 68.8 Å². The Hall–Kier alpha value is -1.79. The lowest BCUT2D eigenvalue weighted by atomic mass is 9.69. The summed E-state index contributed by atoms with van der Waals surface area (Å²) in [4.78, 5) is 12.7. The van der Waals surface area contributed by atoms with Crippen molar-refractivity contribution >= 4 is 5.91 Å². The van der Waals surface area contributed by atoms with Gasteiger partial charge < -0.3 is 24.8 Å².